The molecule has 0 saturated carbocycles. The molecule has 128 valence electrons. The minimum absolute atomic E-state index is 0.634. The number of aromatic nitrogens is 4. The summed E-state index contributed by atoms with van der Waals surface area (Å²) in [5.74, 6) is 1.67. The Balaban J connectivity index is 1.54. The van der Waals surface area contributed by atoms with Gasteiger partial charge in [0.15, 0.2) is 0 Å². The molecule has 3 aromatic heterocycles. The van der Waals surface area contributed by atoms with Gasteiger partial charge >= 0.3 is 0 Å². The minimum Gasteiger partial charge on any atom is -0.352 e. The third kappa shape index (κ3) is 2.68. The van der Waals surface area contributed by atoms with E-state index >= 15 is 0 Å². The highest BCUT2D eigenvalue weighted by molar-refractivity contribution is 7.11. The lowest BCUT2D eigenvalue weighted by Gasteiger charge is -2.28. The first kappa shape index (κ1) is 15.3. The Bertz CT molecular complexity index is 1070. The monoisotopic (exact) mass is 359 g/mol. The van der Waals surface area contributed by atoms with Gasteiger partial charge in [-0.3, -0.25) is 0 Å². The number of nitrogens with zero attached hydrogens (tertiary/aromatic N) is 5. The summed E-state index contributed by atoms with van der Waals surface area (Å²) in [6.07, 6.45) is 4.91. The zero-order valence-electron chi connectivity index (χ0n) is 14.1. The van der Waals surface area contributed by atoms with Crippen LogP contribution in [0.15, 0.2) is 66.3 Å². The number of benzene rings is 1. The van der Waals surface area contributed by atoms with E-state index in [1.54, 1.807) is 17.7 Å². The molecule has 1 aliphatic rings. The fourth-order valence-electron chi connectivity index (χ4n) is 3.34. The standard InChI is InChI=1S/C20H17N5S/c1-2-5-15(6-3-1)17-13-19(25-20(23-17)21-14-22-25)24-10-8-16(9-11-24)18-7-4-12-26-18/h1-8,12-14H,9-11H2. The van der Waals surface area contributed by atoms with E-state index in [-0.39, 0.29) is 0 Å². The van der Waals surface area contributed by atoms with Crippen LogP contribution in [0, 0.1) is 0 Å². The molecule has 0 aliphatic carbocycles. The molecule has 0 bridgehead atoms. The van der Waals surface area contributed by atoms with Crippen molar-refractivity contribution in [2.24, 2.45) is 0 Å². The summed E-state index contributed by atoms with van der Waals surface area (Å²) in [5, 5.41) is 6.52. The highest BCUT2D eigenvalue weighted by atomic mass is 32.1. The maximum atomic E-state index is 4.67. The Morgan fingerprint density at radius 3 is 2.73 bits per heavy atom. The minimum atomic E-state index is 0.634. The van der Waals surface area contributed by atoms with Gasteiger partial charge in [-0.2, -0.15) is 14.6 Å². The first-order chi connectivity index (χ1) is 12.9. The molecule has 0 fully saturated rings. The van der Waals surface area contributed by atoms with Crippen molar-refractivity contribution in [2.75, 3.05) is 18.0 Å². The van der Waals surface area contributed by atoms with E-state index in [2.05, 4.69) is 61.8 Å². The Morgan fingerprint density at radius 1 is 1.04 bits per heavy atom. The molecule has 0 radical (unpaired) electrons. The number of rotatable bonds is 3. The second-order valence-corrected chi connectivity index (χ2v) is 7.19. The second-order valence-electron chi connectivity index (χ2n) is 6.24. The van der Waals surface area contributed by atoms with Crippen LogP contribution >= 0.6 is 11.3 Å². The molecule has 0 saturated heterocycles. The lowest BCUT2D eigenvalue weighted by atomic mass is 10.1. The number of anilines is 1. The third-order valence-corrected chi connectivity index (χ3v) is 5.62. The van der Waals surface area contributed by atoms with Crippen LogP contribution in [-0.4, -0.2) is 32.7 Å². The van der Waals surface area contributed by atoms with E-state index in [1.807, 2.05) is 22.7 Å². The zero-order valence-corrected chi connectivity index (χ0v) is 14.9. The number of hydrogen-bond donors (Lipinski definition) is 0. The van der Waals surface area contributed by atoms with Crippen molar-refractivity contribution in [3.05, 3.63) is 71.2 Å². The summed E-state index contributed by atoms with van der Waals surface area (Å²) < 4.78 is 1.83. The van der Waals surface area contributed by atoms with E-state index in [1.165, 1.54) is 10.5 Å². The summed E-state index contributed by atoms with van der Waals surface area (Å²) >= 11 is 1.81. The highest BCUT2D eigenvalue weighted by Gasteiger charge is 2.18. The molecule has 0 atom stereocenters. The van der Waals surface area contributed by atoms with Gasteiger partial charge in [-0.25, -0.2) is 4.98 Å². The lowest BCUT2D eigenvalue weighted by Crippen LogP contribution is -2.30. The van der Waals surface area contributed by atoms with Crippen molar-refractivity contribution < 1.29 is 0 Å². The number of hydrogen-bond acceptors (Lipinski definition) is 5. The predicted octanol–water partition coefficient (Wildman–Crippen LogP) is 4.15. The van der Waals surface area contributed by atoms with Gasteiger partial charge in [-0.1, -0.05) is 42.5 Å². The molecule has 6 heteroatoms. The van der Waals surface area contributed by atoms with Gasteiger partial charge in [0.05, 0.1) is 5.69 Å². The van der Waals surface area contributed by atoms with Crippen molar-refractivity contribution in [1.29, 1.82) is 0 Å². The summed E-state index contributed by atoms with van der Waals surface area (Å²) in [4.78, 5) is 12.7. The summed E-state index contributed by atoms with van der Waals surface area (Å²) in [6, 6.07) is 16.6. The van der Waals surface area contributed by atoms with Crippen molar-refractivity contribution >= 4 is 28.5 Å². The van der Waals surface area contributed by atoms with Gasteiger partial charge in [-0.05, 0) is 23.4 Å². The molecule has 0 N–H and O–H groups in total. The fourth-order valence-corrected chi connectivity index (χ4v) is 4.14. The molecular formula is C20H17N5S. The Hall–Kier alpha value is -2.99. The molecule has 1 aliphatic heterocycles. The van der Waals surface area contributed by atoms with Crippen LogP contribution in [0.25, 0.3) is 22.6 Å². The smallest absolute Gasteiger partial charge is 0.254 e. The number of thiophene rings is 1. The average molecular weight is 359 g/mol. The van der Waals surface area contributed by atoms with E-state index in [0.29, 0.717) is 5.78 Å². The maximum Gasteiger partial charge on any atom is 0.254 e. The molecule has 4 heterocycles. The van der Waals surface area contributed by atoms with Gasteiger partial charge in [0.1, 0.15) is 12.1 Å². The zero-order chi connectivity index (χ0) is 17.3. The van der Waals surface area contributed by atoms with Crippen LogP contribution in [0.2, 0.25) is 0 Å². The Morgan fingerprint density at radius 2 is 1.96 bits per heavy atom. The molecule has 0 amide bonds. The molecular weight excluding hydrogens is 342 g/mol. The van der Waals surface area contributed by atoms with Gasteiger partial charge < -0.3 is 4.90 Å². The quantitative estimate of drug-likeness (QED) is 0.551. The topological polar surface area (TPSA) is 46.3 Å². The van der Waals surface area contributed by atoms with Gasteiger partial charge in [0.25, 0.3) is 5.78 Å². The third-order valence-electron chi connectivity index (χ3n) is 4.67. The maximum absolute atomic E-state index is 4.67. The van der Waals surface area contributed by atoms with E-state index < -0.39 is 0 Å². The van der Waals surface area contributed by atoms with Gasteiger partial charge in [0, 0.05) is 29.6 Å². The van der Waals surface area contributed by atoms with E-state index in [9.17, 15) is 0 Å². The molecule has 5 nitrogen and oxygen atoms in total. The summed E-state index contributed by atoms with van der Waals surface area (Å²) in [6.45, 7) is 1.82. The Kier molecular flexibility index (Phi) is 3.75. The van der Waals surface area contributed by atoms with Crippen molar-refractivity contribution in [3.63, 3.8) is 0 Å². The largest absolute Gasteiger partial charge is 0.352 e. The molecule has 1 aromatic carbocycles. The van der Waals surface area contributed by atoms with Crippen LogP contribution in [0.1, 0.15) is 11.3 Å². The van der Waals surface area contributed by atoms with Crippen molar-refractivity contribution in [1.82, 2.24) is 19.6 Å². The van der Waals surface area contributed by atoms with Crippen LogP contribution in [0.3, 0.4) is 0 Å². The van der Waals surface area contributed by atoms with Crippen LogP contribution in [0.4, 0.5) is 5.82 Å². The SMILES string of the molecule is C1=C(c2cccs2)CCN(c2cc(-c3ccccc3)nc3ncnn23)C1. The fraction of sp³-hybridized carbons (Fsp3) is 0.150. The lowest BCUT2D eigenvalue weighted by molar-refractivity contribution is 0.782. The van der Waals surface area contributed by atoms with Crippen LogP contribution in [0.5, 0.6) is 0 Å². The average Bonchev–Trinajstić information content (AvgIpc) is 3.40. The molecule has 0 spiro atoms. The Labute approximate surface area is 155 Å². The molecule has 5 rings (SSSR count). The first-order valence-corrected chi connectivity index (χ1v) is 9.50. The predicted molar refractivity (Wildman–Crippen MR) is 105 cm³/mol. The molecule has 4 aromatic rings. The summed E-state index contributed by atoms with van der Waals surface area (Å²) in [7, 11) is 0. The van der Waals surface area contributed by atoms with Crippen molar-refractivity contribution in [2.45, 2.75) is 6.42 Å². The van der Waals surface area contributed by atoms with Crippen LogP contribution < -0.4 is 4.90 Å². The summed E-state index contributed by atoms with van der Waals surface area (Å²) in [5.41, 5.74) is 3.45. The number of fused-ring (bicyclic) bond motifs is 1. The van der Waals surface area contributed by atoms with E-state index in [0.717, 1.165) is 36.6 Å². The van der Waals surface area contributed by atoms with Gasteiger partial charge in [-0.15, -0.1) is 11.3 Å². The van der Waals surface area contributed by atoms with Crippen LogP contribution in [-0.2, 0) is 0 Å². The second kappa shape index (κ2) is 6.38. The first-order valence-electron chi connectivity index (χ1n) is 8.62. The molecule has 0 unspecified atom stereocenters. The van der Waals surface area contributed by atoms with Crippen molar-refractivity contribution in [3.8, 4) is 11.3 Å². The normalized spacial score (nSPS) is 14.6. The highest BCUT2D eigenvalue weighted by Crippen LogP contribution is 2.30. The van der Waals surface area contributed by atoms with Gasteiger partial charge in [0.2, 0.25) is 0 Å². The van der Waals surface area contributed by atoms with E-state index in [4.69, 9.17) is 0 Å². The molecule has 26 heavy (non-hydrogen) atoms.